The molecule has 2 aromatic carbocycles. The number of rotatable bonds is 7. The number of nitrogens with one attached hydrogen (secondary N) is 4. The van der Waals surface area contributed by atoms with Crippen molar-refractivity contribution in [2.45, 2.75) is 92.4 Å². The minimum atomic E-state index is -4.52. The Morgan fingerprint density at radius 3 is 1.32 bits per heavy atom. The van der Waals surface area contributed by atoms with Crippen molar-refractivity contribution in [2.24, 2.45) is 31.9 Å². The Labute approximate surface area is 289 Å². The van der Waals surface area contributed by atoms with Crippen molar-refractivity contribution in [3.63, 3.8) is 0 Å². The van der Waals surface area contributed by atoms with Gasteiger partial charge in [0.05, 0.1) is 11.1 Å². The zero-order chi connectivity index (χ0) is 37.2. The maximum absolute atomic E-state index is 13.1. The second-order valence-corrected chi connectivity index (χ2v) is 16.1. The molecule has 14 heteroatoms. The van der Waals surface area contributed by atoms with Gasteiger partial charge in [0, 0.05) is 35.9 Å². The maximum Gasteiger partial charge on any atom is 0.416 e. The van der Waals surface area contributed by atoms with Gasteiger partial charge < -0.3 is 21.3 Å². The van der Waals surface area contributed by atoms with Crippen molar-refractivity contribution in [1.82, 2.24) is 10.6 Å². The summed E-state index contributed by atoms with van der Waals surface area (Å²) < 4.78 is 78.5. The van der Waals surface area contributed by atoms with E-state index < -0.39 is 35.5 Å². The van der Waals surface area contributed by atoms with E-state index in [1.807, 2.05) is 13.8 Å². The molecule has 2 unspecified atom stereocenters. The van der Waals surface area contributed by atoms with Crippen LogP contribution in [-0.2, 0) is 12.4 Å². The lowest BCUT2D eigenvalue weighted by atomic mass is 9.63. The molecule has 0 spiro atoms. The minimum absolute atomic E-state index is 0.0403. The highest BCUT2D eigenvalue weighted by atomic mass is 19.4. The summed E-state index contributed by atoms with van der Waals surface area (Å²) in [6.07, 6.45) is -4.96. The van der Waals surface area contributed by atoms with E-state index in [9.17, 15) is 35.9 Å². The van der Waals surface area contributed by atoms with Crippen LogP contribution in [0.3, 0.4) is 0 Å². The van der Waals surface area contributed by atoms with Gasteiger partial charge in [-0.05, 0) is 96.6 Å². The van der Waals surface area contributed by atoms with Gasteiger partial charge in [-0.2, -0.15) is 36.5 Å². The smallest absolute Gasteiger partial charge is 0.337 e. The zero-order valence-electron chi connectivity index (χ0n) is 29.3. The van der Waals surface area contributed by atoms with Gasteiger partial charge in [0.2, 0.25) is 0 Å². The number of nitrogens with zero attached hydrogens (tertiary/aromatic N) is 2. The molecule has 274 valence electrons. The fourth-order valence-corrected chi connectivity index (χ4v) is 7.79. The largest absolute Gasteiger partial charge is 0.416 e. The van der Waals surface area contributed by atoms with E-state index >= 15 is 0 Å². The predicted octanol–water partition coefficient (Wildman–Crippen LogP) is 9.90. The summed E-state index contributed by atoms with van der Waals surface area (Å²) >= 11 is 0. The van der Waals surface area contributed by atoms with Crippen LogP contribution >= 0.6 is 0 Å². The first-order valence-electron chi connectivity index (χ1n) is 16.5. The summed E-state index contributed by atoms with van der Waals surface area (Å²) in [4.78, 5) is 25.3. The summed E-state index contributed by atoms with van der Waals surface area (Å²) in [7, 11) is 0. The number of alkyl halides is 6. The predicted molar refractivity (Wildman–Crippen MR) is 183 cm³/mol. The fourth-order valence-electron chi connectivity index (χ4n) is 7.79. The van der Waals surface area contributed by atoms with Crippen molar-refractivity contribution in [3.05, 3.63) is 59.7 Å². The molecule has 0 aliphatic heterocycles. The topological polar surface area (TPSA) is 107 Å². The molecule has 0 saturated heterocycles. The van der Waals surface area contributed by atoms with E-state index in [1.54, 1.807) is 0 Å². The van der Waals surface area contributed by atoms with E-state index in [2.05, 4.69) is 49.0 Å². The molecule has 2 atom stereocenters. The van der Waals surface area contributed by atoms with Crippen LogP contribution < -0.4 is 21.3 Å². The fraction of sp³-hybridized carbons (Fsp3) is 0.556. The zero-order valence-corrected chi connectivity index (χ0v) is 29.3. The van der Waals surface area contributed by atoms with Crippen LogP contribution in [0.1, 0.15) is 91.2 Å². The van der Waals surface area contributed by atoms with Gasteiger partial charge in [-0.25, -0.2) is 9.59 Å². The molecule has 50 heavy (non-hydrogen) atoms. The molecule has 4 amide bonds. The second-order valence-electron chi connectivity index (χ2n) is 16.1. The van der Waals surface area contributed by atoms with E-state index in [1.165, 1.54) is 24.3 Å². The van der Waals surface area contributed by atoms with Gasteiger partial charge in [-0.15, -0.1) is 0 Å². The van der Waals surface area contributed by atoms with Gasteiger partial charge in [0.25, 0.3) is 0 Å². The highest BCUT2D eigenvalue weighted by Gasteiger charge is 2.42. The average molecular weight is 709 g/mol. The number of carbonyl (C=O) groups is 2. The lowest BCUT2D eigenvalue weighted by Gasteiger charge is -2.44. The highest BCUT2D eigenvalue weighted by Crippen LogP contribution is 2.46. The quantitative estimate of drug-likeness (QED) is 0.170. The SMILES string of the molecule is CC1(C)C/C(=N/N=C2\CC(C)(C)CC(C)(CNC(=O)Nc3cccc(C(F)(F)F)c3)C2)CC(C)(CNC(=O)Nc2cccc(C(F)(F)F)c2)C1. The molecule has 0 aromatic heterocycles. The summed E-state index contributed by atoms with van der Waals surface area (Å²) in [6.45, 7) is 13.1. The van der Waals surface area contributed by atoms with Gasteiger partial charge in [-0.1, -0.05) is 53.7 Å². The first kappa shape index (κ1) is 38.7. The van der Waals surface area contributed by atoms with Crippen molar-refractivity contribution < 1.29 is 35.9 Å². The Hall–Kier alpha value is -4.10. The van der Waals surface area contributed by atoms with Crippen LogP contribution in [0.15, 0.2) is 58.7 Å². The van der Waals surface area contributed by atoms with Crippen molar-refractivity contribution in [2.75, 3.05) is 23.7 Å². The number of benzene rings is 2. The molecular formula is C36H46F6N6O2. The number of halogens is 6. The Morgan fingerprint density at radius 1 is 0.620 bits per heavy atom. The molecular weight excluding hydrogens is 662 g/mol. The van der Waals surface area contributed by atoms with Crippen LogP contribution in [0.4, 0.5) is 47.3 Å². The molecule has 2 aliphatic carbocycles. The molecule has 0 radical (unpaired) electrons. The lowest BCUT2D eigenvalue weighted by molar-refractivity contribution is -0.138. The van der Waals surface area contributed by atoms with Gasteiger partial charge in [0.1, 0.15) is 0 Å². The van der Waals surface area contributed by atoms with E-state index in [-0.39, 0.29) is 46.1 Å². The summed E-state index contributed by atoms with van der Waals surface area (Å²) in [5.41, 5.74) is -0.943. The Morgan fingerprint density at radius 2 is 0.980 bits per heavy atom. The van der Waals surface area contributed by atoms with E-state index in [0.29, 0.717) is 25.7 Å². The monoisotopic (exact) mass is 708 g/mol. The molecule has 4 N–H and O–H groups in total. The molecule has 2 saturated carbocycles. The van der Waals surface area contributed by atoms with Crippen molar-refractivity contribution in [3.8, 4) is 0 Å². The van der Waals surface area contributed by atoms with E-state index in [0.717, 1.165) is 48.5 Å². The number of carbonyl (C=O) groups excluding carboxylic acids is 2. The molecule has 0 heterocycles. The number of urea groups is 2. The maximum atomic E-state index is 13.1. The summed E-state index contributed by atoms with van der Waals surface area (Å²) in [5.74, 6) is 0. The summed E-state index contributed by atoms with van der Waals surface area (Å²) in [5, 5.41) is 20.0. The third kappa shape index (κ3) is 11.2. The molecule has 4 rings (SSSR count). The van der Waals surface area contributed by atoms with E-state index in [4.69, 9.17) is 10.2 Å². The van der Waals surface area contributed by atoms with Crippen molar-refractivity contribution >= 4 is 34.9 Å². The Kier molecular flexibility index (Phi) is 11.0. The van der Waals surface area contributed by atoms with Crippen LogP contribution in [0.5, 0.6) is 0 Å². The van der Waals surface area contributed by atoms with Crippen LogP contribution in [-0.4, -0.2) is 36.6 Å². The Balaban J connectivity index is 1.39. The van der Waals surface area contributed by atoms with Gasteiger partial charge >= 0.3 is 24.4 Å². The Bertz CT molecular complexity index is 1510. The molecule has 2 aromatic rings. The minimum Gasteiger partial charge on any atom is -0.337 e. The van der Waals surface area contributed by atoms with Crippen LogP contribution in [0.25, 0.3) is 0 Å². The third-order valence-corrected chi connectivity index (χ3v) is 9.02. The van der Waals surface area contributed by atoms with Gasteiger partial charge in [-0.3, -0.25) is 0 Å². The van der Waals surface area contributed by atoms with Gasteiger partial charge in [0.15, 0.2) is 0 Å². The first-order chi connectivity index (χ1) is 22.9. The normalized spacial score (nSPS) is 25.2. The highest BCUT2D eigenvalue weighted by molar-refractivity contribution is 5.92. The number of amides is 4. The standard InChI is InChI=1S/C36H46F6N6O2/c1-31(2)15-27(17-33(5,19-31)21-43-29(49)45-25-11-7-9-23(13-25)35(37,38)39)47-48-28-16-32(3,4)20-34(6,18-28)22-44-30(50)46-26-12-8-10-24(14-26)36(40,41)42/h7-14H,15-22H2,1-6H3,(H2,43,45,49)(H2,44,46,50)/b47-27-,48-28+. The number of hydrogen-bond donors (Lipinski definition) is 4. The summed E-state index contributed by atoms with van der Waals surface area (Å²) in [6, 6.07) is 7.72. The van der Waals surface area contributed by atoms with Crippen LogP contribution in [0.2, 0.25) is 0 Å². The molecule has 0 bridgehead atoms. The number of anilines is 2. The molecule has 2 fully saturated rings. The first-order valence-corrected chi connectivity index (χ1v) is 16.5. The van der Waals surface area contributed by atoms with Crippen molar-refractivity contribution in [1.29, 1.82) is 0 Å². The number of hydrogen-bond acceptors (Lipinski definition) is 4. The second kappa shape index (κ2) is 14.3. The average Bonchev–Trinajstić information content (AvgIpc) is 2.96. The lowest BCUT2D eigenvalue weighted by Crippen LogP contribution is -2.45. The molecule has 8 nitrogen and oxygen atoms in total. The molecule has 2 aliphatic rings. The third-order valence-electron chi connectivity index (χ3n) is 9.02. The van der Waals surface area contributed by atoms with Crippen LogP contribution in [0, 0.1) is 21.7 Å².